The van der Waals surface area contributed by atoms with Crippen LogP contribution in [0, 0.1) is 11.3 Å². The molecule has 0 bridgehead atoms. The summed E-state index contributed by atoms with van der Waals surface area (Å²) in [5, 5.41) is 12.6. The summed E-state index contributed by atoms with van der Waals surface area (Å²) < 4.78 is 0.280. The Bertz CT molecular complexity index is 385. The summed E-state index contributed by atoms with van der Waals surface area (Å²) in [6, 6.07) is 12.7. The predicted molar refractivity (Wildman–Crippen MR) is 84.2 cm³/mol. The molecule has 1 rings (SSSR count). The molecule has 19 heavy (non-hydrogen) atoms. The molecule has 0 radical (unpaired) electrons. The number of nitriles is 1. The topological polar surface area (TPSA) is 35.8 Å². The van der Waals surface area contributed by atoms with E-state index in [1.165, 1.54) is 5.56 Å². The van der Waals surface area contributed by atoms with Crippen molar-refractivity contribution < 1.29 is 0 Å². The van der Waals surface area contributed by atoms with Crippen LogP contribution in [0.3, 0.4) is 0 Å². The van der Waals surface area contributed by atoms with Crippen LogP contribution < -0.4 is 5.32 Å². The van der Waals surface area contributed by atoms with Crippen molar-refractivity contribution in [3.05, 3.63) is 35.9 Å². The Morgan fingerprint density at radius 2 is 1.89 bits per heavy atom. The highest BCUT2D eigenvalue weighted by molar-refractivity contribution is 8.00. The van der Waals surface area contributed by atoms with Crippen LogP contribution in [0.2, 0.25) is 0 Å². The lowest BCUT2D eigenvalue weighted by atomic mass is 9.99. The van der Waals surface area contributed by atoms with E-state index in [0.29, 0.717) is 6.42 Å². The van der Waals surface area contributed by atoms with Crippen molar-refractivity contribution in [2.24, 2.45) is 0 Å². The third kappa shape index (κ3) is 4.56. The van der Waals surface area contributed by atoms with Crippen molar-refractivity contribution in [2.75, 3.05) is 12.8 Å². The predicted octanol–water partition coefficient (Wildman–Crippen LogP) is 4.15. The molecule has 0 heterocycles. The monoisotopic (exact) mass is 276 g/mol. The molecule has 0 saturated heterocycles. The average Bonchev–Trinajstić information content (AvgIpc) is 2.49. The Morgan fingerprint density at radius 3 is 2.37 bits per heavy atom. The molecule has 0 fully saturated rings. The summed E-state index contributed by atoms with van der Waals surface area (Å²) in [4.78, 5) is 0. The Balaban J connectivity index is 2.73. The number of hydrogen-bond acceptors (Lipinski definition) is 3. The Kier molecular flexibility index (Phi) is 6.97. The maximum Gasteiger partial charge on any atom is 0.0641 e. The van der Waals surface area contributed by atoms with Crippen LogP contribution in [-0.2, 0) is 0 Å². The highest BCUT2D eigenvalue weighted by atomic mass is 32.2. The molecule has 3 heteroatoms. The lowest BCUT2D eigenvalue weighted by Crippen LogP contribution is -2.38. The standard InChI is InChI=1S/C16H24N2S/c1-4-16(5-2,19-3)13-18-15(11-12-17)14-9-7-6-8-10-14/h6-10,15,18H,4-5,11,13H2,1-3H3. The van der Waals surface area contributed by atoms with Crippen molar-refractivity contribution in [1.29, 1.82) is 5.26 Å². The van der Waals surface area contributed by atoms with Gasteiger partial charge in [-0.25, -0.2) is 0 Å². The van der Waals surface area contributed by atoms with Gasteiger partial charge in [0.25, 0.3) is 0 Å². The number of rotatable bonds is 8. The zero-order valence-corrected chi connectivity index (χ0v) is 13.0. The van der Waals surface area contributed by atoms with Crippen molar-refractivity contribution in [3.63, 3.8) is 0 Å². The van der Waals surface area contributed by atoms with Crippen LogP contribution in [0.25, 0.3) is 0 Å². The maximum atomic E-state index is 9.00. The van der Waals surface area contributed by atoms with E-state index in [-0.39, 0.29) is 10.8 Å². The average molecular weight is 276 g/mol. The van der Waals surface area contributed by atoms with Gasteiger partial charge in [0.05, 0.1) is 12.5 Å². The summed E-state index contributed by atoms with van der Waals surface area (Å²) >= 11 is 1.93. The molecule has 0 amide bonds. The number of hydrogen-bond donors (Lipinski definition) is 1. The van der Waals surface area contributed by atoms with Crippen molar-refractivity contribution in [3.8, 4) is 6.07 Å². The highest BCUT2D eigenvalue weighted by Crippen LogP contribution is 2.30. The summed E-state index contributed by atoms with van der Waals surface area (Å²) in [6.45, 7) is 5.43. The van der Waals surface area contributed by atoms with E-state index in [0.717, 1.165) is 19.4 Å². The minimum Gasteiger partial charge on any atom is -0.308 e. The van der Waals surface area contributed by atoms with E-state index < -0.39 is 0 Å². The number of nitrogens with one attached hydrogen (secondary N) is 1. The maximum absolute atomic E-state index is 9.00. The largest absolute Gasteiger partial charge is 0.308 e. The molecular weight excluding hydrogens is 252 g/mol. The van der Waals surface area contributed by atoms with Crippen molar-refractivity contribution in [2.45, 2.75) is 43.9 Å². The Hall–Kier alpha value is -0.980. The van der Waals surface area contributed by atoms with Crippen LogP contribution in [0.5, 0.6) is 0 Å². The number of benzene rings is 1. The van der Waals surface area contributed by atoms with E-state index in [4.69, 9.17) is 5.26 Å². The zero-order chi connectivity index (χ0) is 14.1. The fraction of sp³-hybridized carbons (Fsp3) is 0.562. The van der Waals surface area contributed by atoms with E-state index in [1.807, 2.05) is 30.0 Å². The molecule has 0 aliphatic rings. The second-order valence-electron chi connectivity index (χ2n) is 4.80. The normalized spacial score (nSPS) is 12.9. The fourth-order valence-corrected chi connectivity index (χ4v) is 3.06. The van der Waals surface area contributed by atoms with E-state index >= 15 is 0 Å². The third-order valence-electron chi connectivity index (χ3n) is 3.89. The molecule has 0 aromatic heterocycles. The highest BCUT2D eigenvalue weighted by Gasteiger charge is 2.25. The summed E-state index contributed by atoms with van der Waals surface area (Å²) in [6.07, 6.45) is 4.98. The van der Waals surface area contributed by atoms with E-state index in [2.05, 4.69) is 43.6 Å². The van der Waals surface area contributed by atoms with Crippen LogP contribution in [0.1, 0.15) is 44.7 Å². The van der Waals surface area contributed by atoms with Gasteiger partial charge in [0.1, 0.15) is 0 Å². The number of thioether (sulfide) groups is 1. The van der Waals surface area contributed by atoms with Gasteiger partial charge in [-0.1, -0.05) is 44.2 Å². The first-order chi connectivity index (χ1) is 9.21. The van der Waals surface area contributed by atoms with Gasteiger partial charge in [0.15, 0.2) is 0 Å². The lowest BCUT2D eigenvalue weighted by Gasteiger charge is -2.32. The molecule has 2 nitrogen and oxygen atoms in total. The molecule has 0 spiro atoms. The van der Waals surface area contributed by atoms with Gasteiger partial charge >= 0.3 is 0 Å². The van der Waals surface area contributed by atoms with Gasteiger partial charge in [-0.3, -0.25) is 0 Å². The molecule has 0 saturated carbocycles. The summed E-state index contributed by atoms with van der Waals surface area (Å²) in [5.41, 5.74) is 1.20. The molecule has 0 aliphatic heterocycles. The third-order valence-corrected chi connectivity index (χ3v) is 5.48. The van der Waals surface area contributed by atoms with Gasteiger partial charge in [-0.2, -0.15) is 17.0 Å². The molecule has 1 unspecified atom stereocenters. The van der Waals surface area contributed by atoms with Gasteiger partial charge in [0, 0.05) is 17.3 Å². The molecule has 0 aliphatic carbocycles. The van der Waals surface area contributed by atoms with Crippen molar-refractivity contribution in [1.82, 2.24) is 5.32 Å². The zero-order valence-electron chi connectivity index (χ0n) is 12.1. The fourth-order valence-electron chi connectivity index (χ4n) is 2.25. The van der Waals surface area contributed by atoms with E-state index in [1.54, 1.807) is 0 Å². The van der Waals surface area contributed by atoms with Gasteiger partial charge < -0.3 is 5.32 Å². The second kappa shape index (κ2) is 8.24. The van der Waals surface area contributed by atoms with Crippen LogP contribution in [0.4, 0.5) is 0 Å². The van der Waals surface area contributed by atoms with Gasteiger partial charge in [-0.05, 0) is 24.7 Å². The van der Waals surface area contributed by atoms with Crippen molar-refractivity contribution >= 4 is 11.8 Å². The first kappa shape index (κ1) is 16.1. The SMILES string of the molecule is CCC(CC)(CNC(CC#N)c1ccccc1)SC. The minimum atomic E-state index is 0.135. The van der Waals surface area contributed by atoms with Gasteiger partial charge in [0.2, 0.25) is 0 Å². The molecular formula is C16H24N2S. The van der Waals surface area contributed by atoms with Crippen LogP contribution in [0.15, 0.2) is 30.3 Å². The Morgan fingerprint density at radius 1 is 1.26 bits per heavy atom. The smallest absolute Gasteiger partial charge is 0.0641 e. The second-order valence-corrected chi connectivity index (χ2v) is 6.07. The van der Waals surface area contributed by atoms with Crippen LogP contribution in [-0.4, -0.2) is 17.5 Å². The molecule has 1 atom stereocenters. The lowest BCUT2D eigenvalue weighted by molar-refractivity contribution is 0.448. The molecule has 1 aromatic rings. The molecule has 104 valence electrons. The molecule has 1 N–H and O–H groups in total. The Labute approximate surface area is 121 Å². The first-order valence-corrected chi connectivity index (χ1v) is 8.14. The summed E-state index contributed by atoms with van der Waals surface area (Å²) in [5.74, 6) is 0. The van der Waals surface area contributed by atoms with E-state index in [9.17, 15) is 0 Å². The quantitative estimate of drug-likeness (QED) is 0.774. The van der Waals surface area contributed by atoms with Crippen LogP contribution >= 0.6 is 11.8 Å². The molecule has 1 aromatic carbocycles. The minimum absolute atomic E-state index is 0.135. The number of nitrogens with zero attached hydrogens (tertiary/aromatic N) is 1. The van der Waals surface area contributed by atoms with Gasteiger partial charge in [-0.15, -0.1) is 0 Å². The first-order valence-electron chi connectivity index (χ1n) is 6.91. The summed E-state index contributed by atoms with van der Waals surface area (Å²) in [7, 11) is 0.